The van der Waals surface area contributed by atoms with E-state index in [0.717, 1.165) is 0 Å². The maximum Gasteiger partial charge on any atom is 0.247 e. The summed E-state index contributed by atoms with van der Waals surface area (Å²) in [6.07, 6.45) is 0. The van der Waals surface area contributed by atoms with E-state index in [1.54, 1.807) is 20.8 Å². The van der Waals surface area contributed by atoms with Gasteiger partial charge in [0.2, 0.25) is 11.8 Å². The van der Waals surface area contributed by atoms with Crippen molar-refractivity contribution in [3.8, 4) is 0 Å². The van der Waals surface area contributed by atoms with Crippen LogP contribution in [0.15, 0.2) is 4.42 Å². The molecule has 12 heavy (non-hydrogen) atoms. The van der Waals surface area contributed by atoms with E-state index in [-0.39, 0.29) is 11.9 Å². The van der Waals surface area contributed by atoms with Gasteiger partial charge in [-0.3, -0.25) is 0 Å². The molecule has 0 bridgehead atoms. The van der Waals surface area contributed by atoms with Gasteiger partial charge in [-0.2, -0.15) is 0 Å². The molecule has 0 saturated carbocycles. The average Bonchev–Trinajstić information content (AvgIpc) is 2.30. The van der Waals surface area contributed by atoms with Gasteiger partial charge in [-0.25, -0.2) is 0 Å². The van der Waals surface area contributed by atoms with Gasteiger partial charge in [0, 0.05) is 0 Å². The summed E-state index contributed by atoms with van der Waals surface area (Å²) in [6.45, 7) is 4.89. The SMILES string of the molecule is CC(N)c1nnc(C(C)(C)O)o1. The molecule has 1 aromatic rings. The van der Waals surface area contributed by atoms with Crippen LogP contribution >= 0.6 is 0 Å². The molecule has 1 atom stereocenters. The highest BCUT2D eigenvalue weighted by Crippen LogP contribution is 2.19. The lowest BCUT2D eigenvalue weighted by atomic mass is 10.1. The predicted molar refractivity (Wildman–Crippen MR) is 42.1 cm³/mol. The maximum absolute atomic E-state index is 9.45. The molecule has 0 aliphatic carbocycles. The Balaban J connectivity index is 2.92. The van der Waals surface area contributed by atoms with Crippen molar-refractivity contribution in [1.29, 1.82) is 0 Å². The van der Waals surface area contributed by atoms with Gasteiger partial charge in [0.1, 0.15) is 5.60 Å². The zero-order valence-electron chi connectivity index (χ0n) is 7.40. The molecule has 0 spiro atoms. The molecule has 68 valence electrons. The molecule has 0 aliphatic rings. The number of aliphatic hydroxyl groups is 1. The van der Waals surface area contributed by atoms with E-state index >= 15 is 0 Å². The van der Waals surface area contributed by atoms with Crippen molar-refractivity contribution in [2.75, 3.05) is 0 Å². The van der Waals surface area contributed by atoms with Crippen LogP contribution in [0.25, 0.3) is 0 Å². The van der Waals surface area contributed by atoms with Gasteiger partial charge >= 0.3 is 0 Å². The quantitative estimate of drug-likeness (QED) is 0.669. The molecule has 0 aliphatic heterocycles. The van der Waals surface area contributed by atoms with Crippen LogP contribution in [-0.2, 0) is 5.60 Å². The Kier molecular flexibility index (Phi) is 2.16. The van der Waals surface area contributed by atoms with E-state index in [4.69, 9.17) is 10.2 Å². The largest absolute Gasteiger partial charge is 0.420 e. The minimum absolute atomic E-state index is 0.190. The second kappa shape index (κ2) is 2.84. The van der Waals surface area contributed by atoms with Gasteiger partial charge in [-0.05, 0) is 20.8 Å². The Bertz CT molecular complexity index is 262. The summed E-state index contributed by atoms with van der Waals surface area (Å²) in [5, 5.41) is 16.8. The van der Waals surface area contributed by atoms with E-state index in [2.05, 4.69) is 10.2 Å². The molecule has 0 amide bonds. The Morgan fingerprint density at radius 2 is 2.08 bits per heavy atom. The van der Waals surface area contributed by atoms with Gasteiger partial charge in [0.25, 0.3) is 0 Å². The molecule has 0 fully saturated rings. The van der Waals surface area contributed by atoms with Crippen molar-refractivity contribution in [3.05, 3.63) is 11.8 Å². The van der Waals surface area contributed by atoms with Crippen LogP contribution in [0, 0.1) is 0 Å². The fraction of sp³-hybridized carbons (Fsp3) is 0.714. The van der Waals surface area contributed by atoms with Crippen LogP contribution in [0.1, 0.15) is 38.6 Å². The summed E-state index contributed by atoms with van der Waals surface area (Å²) in [6, 6.07) is -0.298. The van der Waals surface area contributed by atoms with Crippen LogP contribution in [0.4, 0.5) is 0 Å². The number of nitrogens with two attached hydrogens (primary N) is 1. The number of aromatic nitrogens is 2. The van der Waals surface area contributed by atoms with Crippen LogP contribution in [0.5, 0.6) is 0 Å². The van der Waals surface area contributed by atoms with Crippen molar-refractivity contribution < 1.29 is 9.52 Å². The average molecular weight is 171 g/mol. The molecular weight excluding hydrogens is 158 g/mol. The summed E-state index contributed by atoms with van der Waals surface area (Å²) >= 11 is 0. The van der Waals surface area contributed by atoms with E-state index in [1.807, 2.05) is 0 Å². The highest BCUT2D eigenvalue weighted by molar-refractivity contribution is 4.93. The van der Waals surface area contributed by atoms with Crippen LogP contribution in [0.2, 0.25) is 0 Å². The lowest BCUT2D eigenvalue weighted by molar-refractivity contribution is 0.0467. The third kappa shape index (κ3) is 1.80. The fourth-order valence-electron chi connectivity index (χ4n) is 0.666. The molecule has 1 aromatic heterocycles. The van der Waals surface area contributed by atoms with Crippen molar-refractivity contribution in [1.82, 2.24) is 10.2 Å². The molecule has 5 heteroatoms. The summed E-state index contributed by atoms with van der Waals surface area (Å²) in [5.41, 5.74) is 4.40. The fourth-order valence-corrected chi connectivity index (χ4v) is 0.666. The van der Waals surface area contributed by atoms with E-state index in [1.165, 1.54) is 0 Å². The lowest BCUT2D eigenvalue weighted by Crippen LogP contribution is -2.15. The standard InChI is InChI=1S/C7H13N3O2/c1-4(8)5-9-10-6(12-5)7(2,3)11/h4,11H,8H2,1-3H3. The molecule has 3 N–H and O–H groups in total. The Hall–Kier alpha value is -0.940. The number of hydrogen-bond acceptors (Lipinski definition) is 5. The smallest absolute Gasteiger partial charge is 0.247 e. The predicted octanol–water partition coefficient (Wildman–Crippen LogP) is 0.317. The van der Waals surface area contributed by atoms with Crippen LogP contribution < -0.4 is 5.73 Å². The number of hydrogen-bond donors (Lipinski definition) is 2. The van der Waals surface area contributed by atoms with Gasteiger partial charge in [0.15, 0.2) is 0 Å². The first kappa shape index (κ1) is 9.15. The Labute approximate surface area is 70.6 Å². The van der Waals surface area contributed by atoms with Crippen LogP contribution in [0.3, 0.4) is 0 Å². The van der Waals surface area contributed by atoms with E-state index in [9.17, 15) is 5.11 Å². The topological polar surface area (TPSA) is 85.2 Å². The molecule has 0 radical (unpaired) electrons. The van der Waals surface area contributed by atoms with E-state index < -0.39 is 5.60 Å². The zero-order chi connectivity index (χ0) is 9.35. The summed E-state index contributed by atoms with van der Waals surface area (Å²) in [7, 11) is 0. The molecule has 5 nitrogen and oxygen atoms in total. The molecule has 1 unspecified atom stereocenters. The van der Waals surface area contributed by atoms with Gasteiger partial charge in [-0.15, -0.1) is 10.2 Å². The Morgan fingerprint density at radius 3 is 2.33 bits per heavy atom. The first-order valence-corrected chi connectivity index (χ1v) is 3.73. The van der Waals surface area contributed by atoms with Crippen LogP contribution in [-0.4, -0.2) is 15.3 Å². The van der Waals surface area contributed by atoms with Crippen molar-refractivity contribution in [3.63, 3.8) is 0 Å². The highest BCUT2D eigenvalue weighted by atomic mass is 16.4. The minimum Gasteiger partial charge on any atom is -0.420 e. The minimum atomic E-state index is -1.10. The van der Waals surface area contributed by atoms with Gasteiger partial charge in [0.05, 0.1) is 6.04 Å². The van der Waals surface area contributed by atoms with Gasteiger partial charge < -0.3 is 15.3 Å². The normalized spacial score (nSPS) is 14.8. The Morgan fingerprint density at radius 1 is 1.50 bits per heavy atom. The lowest BCUT2D eigenvalue weighted by Gasteiger charge is -2.10. The second-order valence-electron chi connectivity index (χ2n) is 3.29. The molecule has 0 aromatic carbocycles. The number of rotatable bonds is 2. The monoisotopic (exact) mass is 171 g/mol. The van der Waals surface area contributed by atoms with Crippen molar-refractivity contribution in [2.45, 2.75) is 32.4 Å². The molecule has 1 heterocycles. The first-order valence-electron chi connectivity index (χ1n) is 3.73. The van der Waals surface area contributed by atoms with E-state index in [0.29, 0.717) is 5.89 Å². The third-order valence-electron chi connectivity index (χ3n) is 1.35. The number of nitrogens with zero attached hydrogens (tertiary/aromatic N) is 2. The first-order chi connectivity index (χ1) is 5.41. The molecule has 0 saturated heterocycles. The highest BCUT2D eigenvalue weighted by Gasteiger charge is 2.24. The second-order valence-corrected chi connectivity index (χ2v) is 3.29. The van der Waals surface area contributed by atoms with Crippen molar-refractivity contribution >= 4 is 0 Å². The van der Waals surface area contributed by atoms with Gasteiger partial charge in [-0.1, -0.05) is 0 Å². The van der Waals surface area contributed by atoms with Crippen molar-refractivity contribution in [2.24, 2.45) is 5.73 Å². The summed E-state index contributed by atoms with van der Waals surface area (Å²) in [4.78, 5) is 0. The molecule has 1 rings (SSSR count). The third-order valence-corrected chi connectivity index (χ3v) is 1.35. The molecular formula is C7H13N3O2. The summed E-state index contributed by atoms with van der Waals surface area (Å²) in [5.74, 6) is 0.530. The zero-order valence-corrected chi connectivity index (χ0v) is 7.40. The summed E-state index contributed by atoms with van der Waals surface area (Å²) < 4.78 is 5.11. The maximum atomic E-state index is 9.45.